The van der Waals surface area contributed by atoms with Crippen LogP contribution >= 0.6 is 0 Å². The molecule has 5 rings (SSSR count). The minimum absolute atomic E-state index is 0.0562. The van der Waals surface area contributed by atoms with Gasteiger partial charge in [-0.3, -0.25) is 0 Å². The summed E-state index contributed by atoms with van der Waals surface area (Å²) in [6.45, 7) is 0. The molecule has 0 spiro atoms. The van der Waals surface area contributed by atoms with Gasteiger partial charge in [0.15, 0.2) is 0 Å². The first-order chi connectivity index (χ1) is 12.7. The van der Waals surface area contributed by atoms with Gasteiger partial charge in [0.25, 0.3) is 0 Å². The van der Waals surface area contributed by atoms with Crippen LogP contribution in [0.2, 0.25) is 0 Å². The van der Waals surface area contributed by atoms with Crippen LogP contribution in [0.4, 0.5) is 0 Å². The van der Waals surface area contributed by atoms with E-state index in [1.165, 1.54) is 17.7 Å². The van der Waals surface area contributed by atoms with Gasteiger partial charge in [-0.05, 0) is 0 Å². The maximum atomic E-state index is 11.5. The Labute approximate surface area is 161 Å². The predicted molar refractivity (Wildman–Crippen MR) is 91.6 cm³/mol. The fourth-order valence-corrected chi connectivity index (χ4v) is 8.84. The van der Waals surface area contributed by atoms with Crippen molar-refractivity contribution in [1.82, 2.24) is 4.98 Å². The van der Waals surface area contributed by atoms with Gasteiger partial charge in [0, 0.05) is 0 Å². The van der Waals surface area contributed by atoms with E-state index in [2.05, 4.69) is 17.1 Å². The van der Waals surface area contributed by atoms with Crippen molar-refractivity contribution in [2.24, 2.45) is 0 Å². The molecule has 0 amide bonds. The monoisotopic (exact) mass is 533 g/mol. The van der Waals surface area contributed by atoms with E-state index in [-0.39, 0.29) is 9.23 Å². The molecule has 3 aliphatic rings. The third-order valence-electron chi connectivity index (χ3n) is 4.48. The molecule has 1 saturated heterocycles. The SMILES string of the molecule is O=c1ccc2nc3ccc(O[CH]4O[CH](c5ccccc5)[Hg]4)cc3oc-2c1. The fourth-order valence-electron chi connectivity index (χ4n) is 3.12. The first kappa shape index (κ1) is 16.0. The van der Waals surface area contributed by atoms with E-state index in [0.717, 1.165) is 5.52 Å². The summed E-state index contributed by atoms with van der Waals surface area (Å²) in [6.07, 6.45) is 0. The van der Waals surface area contributed by atoms with E-state index in [9.17, 15) is 4.79 Å². The van der Waals surface area contributed by atoms with Crippen molar-refractivity contribution >= 4 is 11.1 Å². The number of ether oxygens (including phenoxy) is 2. The zero-order chi connectivity index (χ0) is 17.5. The zero-order valence-corrected chi connectivity index (χ0v) is 19.3. The van der Waals surface area contributed by atoms with Crippen molar-refractivity contribution in [2.75, 3.05) is 0 Å². The number of hydrogen-bond donors (Lipinski definition) is 0. The summed E-state index contributed by atoms with van der Waals surface area (Å²) in [7, 11) is 0. The average molecular weight is 532 g/mol. The summed E-state index contributed by atoms with van der Waals surface area (Å²) < 4.78 is 18.0. The van der Waals surface area contributed by atoms with Gasteiger partial charge in [-0.15, -0.1) is 0 Å². The Morgan fingerprint density at radius 2 is 1.85 bits per heavy atom. The van der Waals surface area contributed by atoms with E-state index in [4.69, 9.17) is 13.9 Å². The van der Waals surface area contributed by atoms with Crippen LogP contribution in [-0.2, 0) is 29.3 Å². The van der Waals surface area contributed by atoms with Gasteiger partial charge in [-0.1, -0.05) is 0 Å². The summed E-state index contributed by atoms with van der Waals surface area (Å²) in [5, 5.41) is 0. The predicted octanol–water partition coefficient (Wildman–Crippen LogP) is 3.77. The molecule has 0 N–H and O–H groups in total. The van der Waals surface area contributed by atoms with Crippen LogP contribution in [0.1, 0.15) is 9.18 Å². The Hall–Kier alpha value is -2.24. The van der Waals surface area contributed by atoms with Crippen LogP contribution in [0.5, 0.6) is 5.75 Å². The second kappa shape index (κ2) is 6.48. The van der Waals surface area contributed by atoms with Gasteiger partial charge in [0.2, 0.25) is 0 Å². The third kappa shape index (κ3) is 3.01. The molecule has 0 radical (unpaired) electrons. The number of benzene rings is 3. The van der Waals surface area contributed by atoms with E-state index in [1.54, 1.807) is 6.07 Å². The van der Waals surface area contributed by atoms with E-state index in [0.29, 0.717) is 26.4 Å². The third-order valence-corrected chi connectivity index (χ3v) is 11.6. The molecule has 0 saturated carbocycles. The average Bonchev–Trinajstić information content (AvgIpc) is 2.63. The van der Waals surface area contributed by atoms with Crippen molar-refractivity contribution in [3.63, 3.8) is 0 Å². The minimum atomic E-state index is -1.33. The Morgan fingerprint density at radius 1 is 1.00 bits per heavy atom. The molecule has 2 aromatic rings. The summed E-state index contributed by atoms with van der Waals surface area (Å²) in [5.74, 6) is 1.18. The van der Waals surface area contributed by atoms with Gasteiger partial charge < -0.3 is 0 Å². The molecule has 2 heterocycles. The second-order valence-corrected chi connectivity index (χ2v) is 13.6. The fraction of sp³-hybridized carbons (Fsp3) is 0.100. The van der Waals surface area contributed by atoms with Gasteiger partial charge in [0.1, 0.15) is 0 Å². The van der Waals surface area contributed by atoms with Gasteiger partial charge in [0.05, 0.1) is 0 Å². The Bertz CT molecular complexity index is 1110. The Kier molecular flexibility index (Phi) is 3.98. The number of rotatable bonds is 3. The summed E-state index contributed by atoms with van der Waals surface area (Å²) in [6, 6.07) is 20.5. The number of aromatic nitrogens is 1. The molecular weight excluding hydrogens is 519 g/mol. The quantitative estimate of drug-likeness (QED) is 0.298. The molecule has 5 nitrogen and oxygen atoms in total. The number of fused-ring (bicyclic) bond motifs is 2. The summed E-state index contributed by atoms with van der Waals surface area (Å²) >= 11 is -1.33. The molecule has 0 bridgehead atoms. The van der Waals surface area contributed by atoms with Crippen molar-refractivity contribution in [1.29, 1.82) is 0 Å². The van der Waals surface area contributed by atoms with Gasteiger partial charge in [-0.2, -0.15) is 0 Å². The topological polar surface area (TPSA) is 61.6 Å². The molecule has 2 atom stereocenters. The van der Waals surface area contributed by atoms with Gasteiger partial charge >= 0.3 is 162 Å². The van der Waals surface area contributed by atoms with Crippen molar-refractivity contribution in [3.05, 3.63) is 82.5 Å². The summed E-state index contributed by atoms with van der Waals surface area (Å²) in [4.78, 5) is 16.0. The molecule has 2 unspecified atom stereocenters. The Morgan fingerprint density at radius 3 is 2.69 bits per heavy atom. The van der Waals surface area contributed by atoms with Crippen LogP contribution in [-0.4, -0.2) is 8.78 Å². The number of hydrogen-bond acceptors (Lipinski definition) is 5. The van der Waals surface area contributed by atoms with E-state index < -0.39 is 24.6 Å². The first-order valence-corrected chi connectivity index (χ1v) is 14.8. The zero-order valence-electron chi connectivity index (χ0n) is 13.8. The molecule has 1 aliphatic carbocycles. The molecule has 2 aromatic carbocycles. The van der Waals surface area contributed by atoms with Crippen molar-refractivity contribution < 1.29 is 38.5 Å². The molecular formula is C20H13HgNO4. The van der Waals surface area contributed by atoms with Crippen LogP contribution in [0.15, 0.2) is 75.9 Å². The molecule has 1 fully saturated rings. The van der Waals surface area contributed by atoms with E-state index >= 15 is 0 Å². The van der Waals surface area contributed by atoms with Crippen molar-refractivity contribution in [2.45, 2.75) is 7.41 Å². The second-order valence-electron chi connectivity index (χ2n) is 6.29. The standard InChI is InChI=1S/C20H13NO4.Hg/c22-15-6-8-17-19(10-15)25-20-11-16(7-9-18(20)21-17)24-13-23-12-14-4-2-1-3-5-14;/h1-13H;. The molecule has 26 heavy (non-hydrogen) atoms. The Balaban J connectivity index is 1.36. The van der Waals surface area contributed by atoms with Crippen LogP contribution in [0, 0.1) is 0 Å². The molecule has 0 aromatic heterocycles. The first-order valence-electron chi connectivity index (χ1n) is 8.46. The van der Waals surface area contributed by atoms with Crippen molar-refractivity contribution in [3.8, 4) is 17.2 Å². The van der Waals surface area contributed by atoms with E-state index in [1.807, 2.05) is 36.4 Å². The van der Waals surface area contributed by atoms with Crippen LogP contribution < -0.4 is 10.2 Å². The number of nitrogens with zero attached hydrogens (tertiary/aromatic N) is 1. The van der Waals surface area contributed by atoms with Crippen LogP contribution in [0.3, 0.4) is 0 Å². The summed E-state index contributed by atoms with van der Waals surface area (Å²) in [5.41, 5.74) is 3.14. The molecule has 2 aliphatic heterocycles. The molecule has 6 heteroatoms. The normalized spacial score (nSPS) is 18.8. The van der Waals surface area contributed by atoms with Gasteiger partial charge in [-0.25, -0.2) is 0 Å². The van der Waals surface area contributed by atoms with Crippen LogP contribution in [0.25, 0.3) is 22.6 Å². The molecule has 124 valence electrons. The maximum absolute atomic E-state index is 11.5.